The molecule has 0 unspecified atom stereocenters. The van der Waals surface area contributed by atoms with Gasteiger partial charge < -0.3 is 9.73 Å². The molecular formula is C14H15N3O2. The lowest BCUT2D eigenvalue weighted by molar-refractivity contribution is 0.0951. The molecule has 19 heavy (non-hydrogen) atoms. The Morgan fingerprint density at radius 3 is 3.16 bits per heavy atom. The van der Waals surface area contributed by atoms with Crippen LogP contribution in [0.25, 0.3) is 0 Å². The van der Waals surface area contributed by atoms with Gasteiger partial charge in [-0.15, -0.1) is 0 Å². The molecular weight excluding hydrogens is 242 g/mol. The lowest BCUT2D eigenvalue weighted by Gasteiger charge is -2.19. The van der Waals surface area contributed by atoms with Crippen molar-refractivity contribution in [1.82, 2.24) is 9.97 Å². The number of carbonyl (C=O) groups is 1. The highest BCUT2D eigenvalue weighted by atomic mass is 16.3. The lowest BCUT2D eigenvalue weighted by Crippen LogP contribution is -2.20. The molecule has 1 atom stereocenters. The average molecular weight is 257 g/mol. The fourth-order valence-corrected chi connectivity index (χ4v) is 2.30. The Labute approximate surface area is 111 Å². The fourth-order valence-electron chi connectivity index (χ4n) is 2.30. The van der Waals surface area contributed by atoms with Crippen LogP contribution in [-0.2, 0) is 13.0 Å². The molecule has 0 fully saturated rings. The van der Waals surface area contributed by atoms with E-state index in [1.54, 1.807) is 12.5 Å². The van der Waals surface area contributed by atoms with Gasteiger partial charge >= 0.3 is 0 Å². The van der Waals surface area contributed by atoms with Gasteiger partial charge in [0.15, 0.2) is 5.78 Å². The molecule has 2 aromatic rings. The summed E-state index contributed by atoms with van der Waals surface area (Å²) < 4.78 is 5.23. The molecule has 0 aliphatic heterocycles. The van der Waals surface area contributed by atoms with E-state index in [1.165, 1.54) is 0 Å². The Hall–Kier alpha value is -2.17. The number of furan rings is 1. The van der Waals surface area contributed by atoms with Crippen molar-refractivity contribution in [3.05, 3.63) is 41.6 Å². The molecule has 0 radical (unpaired) electrons. The van der Waals surface area contributed by atoms with Crippen molar-refractivity contribution in [1.29, 1.82) is 0 Å². The lowest BCUT2D eigenvalue weighted by atomic mass is 9.88. The Morgan fingerprint density at radius 2 is 2.37 bits per heavy atom. The maximum Gasteiger partial charge on any atom is 0.223 e. The number of fused-ring (bicyclic) bond motifs is 1. The monoisotopic (exact) mass is 257 g/mol. The van der Waals surface area contributed by atoms with E-state index in [4.69, 9.17) is 4.42 Å². The SMILES string of the molecule is C[C@@H]1CC(=O)c2cnc(NCc3ccco3)nc2C1. The molecule has 0 saturated heterocycles. The molecule has 1 N–H and O–H groups in total. The van der Waals surface area contributed by atoms with Gasteiger partial charge in [0, 0.05) is 12.6 Å². The quantitative estimate of drug-likeness (QED) is 0.914. The van der Waals surface area contributed by atoms with Gasteiger partial charge in [0.1, 0.15) is 5.76 Å². The highest BCUT2D eigenvalue weighted by Gasteiger charge is 2.24. The molecule has 5 heteroatoms. The number of Topliss-reactive ketones (excluding diaryl/α,β-unsaturated/α-hetero) is 1. The minimum Gasteiger partial charge on any atom is -0.467 e. The van der Waals surface area contributed by atoms with Crippen LogP contribution in [0, 0.1) is 5.92 Å². The molecule has 98 valence electrons. The van der Waals surface area contributed by atoms with Crippen molar-refractivity contribution in [3.8, 4) is 0 Å². The van der Waals surface area contributed by atoms with Gasteiger partial charge in [0.25, 0.3) is 0 Å². The van der Waals surface area contributed by atoms with Crippen LogP contribution in [0.4, 0.5) is 5.95 Å². The zero-order valence-electron chi connectivity index (χ0n) is 10.7. The molecule has 0 saturated carbocycles. The van der Waals surface area contributed by atoms with Crippen LogP contribution in [0.2, 0.25) is 0 Å². The van der Waals surface area contributed by atoms with Crippen LogP contribution in [0.5, 0.6) is 0 Å². The summed E-state index contributed by atoms with van der Waals surface area (Å²) in [6, 6.07) is 3.72. The van der Waals surface area contributed by atoms with Crippen LogP contribution in [0.15, 0.2) is 29.0 Å². The van der Waals surface area contributed by atoms with Gasteiger partial charge in [-0.05, 0) is 24.5 Å². The van der Waals surface area contributed by atoms with Gasteiger partial charge in [-0.25, -0.2) is 9.97 Å². The van der Waals surface area contributed by atoms with Crippen LogP contribution in [0.3, 0.4) is 0 Å². The van der Waals surface area contributed by atoms with E-state index in [9.17, 15) is 4.79 Å². The summed E-state index contributed by atoms with van der Waals surface area (Å²) in [5, 5.41) is 3.10. The van der Waals surface area contributed by atoms with E-state index in [1.807, 2.05) is 12.1 Å². The van der Waals surface area contributed by atoms with Crippen molar-refractivity contribution in [2.24, 2.45) is 5.92 Å². The Balaban J connectivity index is 1.77. The van der Waals surface area contributed by atoms with Gasteiger partial charge in [0.2, 0.25) is 5.95 Å². The van der Waals surface area contributed by atoms with Crippen molar-refractivity contribution < 1.29 is 9.21 Å². The molecule has 1 aliphatic carbocycles. The zero-order chi connectivity index (χ0) is 13.2. The van der Waals surface area contributed by atoms with E-state index < -0.39 is 0 Å². The van der Waals surface area contributed by atoms with Crippen molar-refractivity contribution in [3.63, 3.8) is 0 Å². The van der Waals surface area contributed by atoms with Crippen molar-refractivity contribution >= 4 is 11.7 Å². The third-order valence-electron chi connectivity index (χ3n) is 3.24. The number of hydrogen-bond donors (Lipinski definition) is 1. The Kier molecular flexibility index (Phi) is 3.03. The van der Waals surface area contributed by atoms with Crippen molar-refractivity contribution in [2.45, 2.75) is 26.3 Å². The summed E-state index contributed by atoms with van der Waals surface area (Å²) in [5.74, 6) is 1.86. The predicted octanol–water partition coefficient (Wildman–Crippen LogP) is 2.45. The molecule has 2 aromatic heterocycles. The molecule has 0 amide bonds. The molecule has 1 aliphatic rings. The topological polar surface area (TPSA) is 68.0 Å². The van der Waals surface area contributed by atoms with Crippen LogP contribution >= 0.6 is 0 Å². The number of carbonyl (C=O) groups excluding carboxylic acids is 1. The number of ketones is 1. The summed E-state index contributed by atoms with van der Waals surface area (Å²) in [5.41, 5.74) is 1.52. The first kappa shape index (κ1) is 11.9. The molecule has 0 spiro atoms. The first-order chi connectivity index (χ1) is 9.22. The van der Waals surface area contributed by atoms with Crippen LogP contribution in [-0.4, -0.2) is 15.8 Å². The second kappa shape index (κ2) is 4.84. The molecule has 2 heterocycles. The van der Waals surface area contributed by atoms with Crippen molar-refractivity contribution in [2.75, 3.05) is 5.32 Å². The number of rotatable bonds is 3. The van der Waals surface area contributed by atoms with E-state index >= 15 is 0 Å². The van der Waals surface area contributed by atoms with E-state index in [0.29, 0.717) is 30.4 Å². The predicted molar refractivity (Wildman–Crippen MR) is 69.9 cm³/mol. The first-order valence-electron chi connectivity index (χ1n) is 6.38. The maximum atomic E-state index is 11.8. The minimum absolute atomic E-state index is 0.145. The summed E-state index contributed by atoms with van der Waals surface area (Å²) in [6.45, 7) is 2.61. The minimum atomic E-state index is 0.145. The van der Waals surface area contributed by atoms with Gasteiger partial charge in [-0.2, -0.15) is 0 Å². The largest absolute Gasteiger partial charge is 0.467 e. The highest BCUT2D eigenvalue weighted by Crippen LogP contribution is 2.24. The normalized spacial score (nSPS) is 18.2. The second-order valence-electron chi connectivity index (χ2n) is 4.92. The number of anilines is 1. The second-order valence-corrected chi connectivity index (χ2v) is 4.92. The van der Waals surface area contributed by atoms with Crippen LogP contribution in [0.1, 0.15) is 35.2 Å². The highest BCUT2D eigenvalue weighted by molar-refractivity contribution is 5.98. The summed E-state index contributed by atoms with van der Waals surface area (Å²) in [4.78, 5) is 20.4. The third kappa shape index (κ3) is 2.50. The van der Waals surface area contributed by atoms with Gasteiger partial charge in [0.05, 0.1) is 24.1 Å². The number of nitrogens with zero attached hydrogens (tertiary/aromatic N) is 2. The molecule has 5 nitrogen and oxygen atoms in total. The smallest absolute Gasteiger partial charge is 0.223 e. The first-order valence-corrected chi connectivity index (χ1v) is 6.38. The maximum absolute atomic E-state index is 11.8. The summed E-state index contributed by atoms with van der Waals surface area (Å²) >= 11 is 0. The number of aromatic nitrogens is 2. The van der Waals surface area contributed by atoms with Gasteiger partial charge in [-0.1, -0.05) is 6.92 Å². The van der Waals surface area contributed by atoms with Crippen LogP contribution < -0.4 is 5.32 Å². The Bertz CT molecular complexity index is 593. The average Bonchev–Trinajstić information content (AvgIpc) is 2.88. The van der Waals surface area contributed by atoms with Gasteiger partial charge in [-0.3, -0.25) is 4.79 Å². The van der Waals surface area contributed by atoms with E-state index in [-0.39, 0.29) is 5.78 Å². The van der Waals surface area contributed by atoms with E-state index in [0.717, 1.165) is 17.9 Å². The molecule has 0 aromatic carbocycles. The Morgan fingerprint density at radius 1 is 1.47 bits per heavy atom. The molecule has 0 bridgehead atoms. The third-order valence-corrected chi connectivity index (χ3v) is 3.24. The molecule has 3 rings (SSSR count). The standard InChI is InChI=1S/C14H15N3O2/c1-9-5-12-11(13(18)6-9)8-16-14(17-12)15-7-10-3-2-4-19-10/h2-4,8-9H,5-7H2,1H3,(H,15,16,17)/t9-/m0/s1. The summed E-state index contributed by atoms with van der Waals surface area (Å²) in [7, 11) is 0. The van der Waals surface area contributed by atoms with E-state index in [2.05, 4.69) is 22.2 Å². The summed E-state index contributed by atoms with van der Waals surface area (Å²) in [6.07, 6.45) is 4.68. The zero-order valence-corrected chi connectivity index (χ0v) is 10.7. The number of nitrogens with one attached hydrogen (secondary N) is 1. The number of hydrogen-bond acceptors (Lipinski definition) is 5. The fraction of sp³-hybridized carbons (Fsp3) is 0.357.